The van der Waals surface area contributed by atoms with Crippen molar-refractivity contribution >= 4 is 16.7 Å². The fraction of sp³-hybridized carbons (Fsp3) is 0.188. The van der Waals surface area contributed by atoms with Crippen molar-refractivity contribution < 1.29 is 4.79 Å². The molecule has 100 valence electrons. The predicted octanol–water partition coefficient (Wildman–Crippen LogP) is 2.82. The molecule has 0 radical (unpaired) electrons. The number of fused-ring (bicyclic) bond motifs is 1. The van der Waals surface area contributed by atoms with Crippen LogP contribution < -0.4 is 0 Å². The Hall–Kier alpha value is -2.49. The van der Waals surface area contributed by atoms with Crippen LogP contribution in [-0.4, -0.2) is 20.5 Å². The van der Waals surface area contributed by atoms with Crippen molar-refractivity contribution in [2.24, 2.45) is 7.05 Å². The quantitative estimate of drug-likeness (QED) is 0.669. The molecule has 3 aromatic rings. The molecular weight excluding hydrogens is 250 g/mol. The van der Waals surface area contributed by atoms with E-state index in [0.29, 0.717) is 11.1 Å². The summed E-state index contributed by atoms with van der Waals surface area (Å²) in [6.07, 6.45) is 1.64. The molecule has 0 unspecified atom stereocenters. The van der Waals surface area contributed by atoms with Crippen molar-refractivity contribution in [3.05, 3.63) is 59.0 Å². The highest BCUT2D eigenvalue weighted by molar-refractivity contribution is 6.11. The van der Waals surface area contributed by atoms with Crippen LogP contribution >= 0.6 is 0 Å². The van der Waals surface area contributed by atoms with E-state index >= 15 is 0 Å². The maximum atomic E-state index is 12.7. The third-order valence-electron chi connectivity index (χ3n) is 3.59. The molecule has 2 heterocycles. The van der Waals surface area contributed by atoms with Crippen LogP contribution in [0.5, 0.6) is 0 Å². The van der Waals surface area contributed by atoms with E-state index in [-0.39, 0.29) is 5.78 Å². The minimum Gasteiger partial charge on any atom is -0.288 e. The minimum absolute atomic E-state index is 0.0219. The van der Waals surface area contributed by atoms with E-state index < -0.39 is 0 Å². The van der Waals surface area contributed by atoms with Crippen molar-refractivity contribution in [1.29, 1.82) is 0 Å². The molecule has 0 aliphatic rings. The van der Waals surface area contributed by atoms with E-state index in [1.807, 2.05) is 51.2 Å². The normalized spacial score (nSPS) is 10.9. The van der Waals surface area contributed by atoms with Crippen LogP contribution in [0.3, 0.4) is 0 Å². The molecule has 2 aromatic heterocycles. The van der Waals surface area contributed by atoms with Gasteiger partial charge in [0.05, 0.1) is 16.8 Å². The van der Waals surface area contributed by atoms with Crippen LogP contribution in [0.1, 0.15) is 27.3 Å². The van der Waals surface area contributed by atoms with E-state index in [4.69, 9.17) is 0 Å². The largest absolute Gasteiger partial charge is 0.288 e. The Balaban J connectivity index is 2.12. The van der Waals surface area contributed by atoms with Crippen LogP contribution in [-0.2, 0) is 7.05 Å². The Kier molecular flexibility index (Phi) is 2.86. The first-order valence-electron chi connectivity index (χ1n) is 6.47. The molecule has 4 nitrogen and oxygen atoms in total. The minimum atomic E-state index is -0.0219. The summed E-state index contributed by atoms with van der Waals surface area (Å²) in [6, 6.07) is 9.66. The SMILES string of the molecule is Cc1nn(C)c(C)c1C(=O)c1cnc2ccccc2c1. The molecule has 0 saturated carbocycles. The Morgan fingerprint density at radius 2 is 1.95 bits per heavy atom. The van der Waals surface area contributed by atoms with Crippen molar-refractivity contribution in [3.8, 4) is 0 Å². The van der Waals surface area contributed by atoms with Gasteiger partial charge in [-0.1, -0.05) is 18.2 Å². The fourth-order valence-corrected chi connectivity index (χ4v) is 2.44. The third kappa shape index (κ3) is 1.90. The smallest absolute Gasteiger partial charge is 0.198 e. The number of aryl methyl sites for hydroxylation is 2. The van der Waals surface area contributed by atoms with Gasteiger partial charge < -0.3 is 0 Å². The molecule has 1 aromatic carbocycles. The summed E-state index contributed by atoms with van der Waals surface area (Å²) in [4.78, 5) is 17.0. The van der Waals surface area contributed by atoms with Crippen LogP contribution in [0.2, 0.25) is 0 Å². The highest BCUT2D eigenvalue weighted by Gasteiger charge is 2.19. The van der Waals surface area contributed by atoms with E-state index in [9.17, 15) is 4.79 Å². The molecule has 0 bridgehead atoms. The van der Waals surface area contributed by atoms with Gasteiger partial charge >= 0.3 is 0 Å². The average Bonchev–Trinajstić information content (AvgIpc) is 2.71. The average molecular weight is 265 g/mol. The maximum Gasteiger partial charge on any atom is 0.198 e. The van der Waals surface area contributed by atoms with Crippen molar-refractivity contribution in [1.82, 2.24) is 14.8 Å². The number of para-hydroxylation sites is 1. The molecule has 0 atom stereocenters. The number of rotatable bonds is 2. The zero-order valence-electron chi connectivity index (χ0n) is 11.7. The molecule has 20 heavy (non-hydrogen) atoms. The van der Waals surface area contributed by atoms with Gasteiger partial charge in [0.1, 0.15) is 0 Å². The number of hydrogen-bond acceptors (Lipinski definition) is 3. The molecule has 0 saturated heterocycles. The Bertz CT molecular complexity index is 818. The maximum absolute atomic E-state index is 12.7. The second kappa shape index (κ2) is 4.56. The number of hydrogen-bond donors (Lipinski definition) is 0. The molecule has 0 amide bonds. The van der Waals surface area contributed by atoms with E-state index in [0.717, 1.165) is 22.3 Å². The molecule has 0 aliphatic carbocycles. The monoisotopic (exact) mass is 265 g/mol. The highest BCUT2D eigenvalue weighted by Crippen LogP contribution is 2.19. The molecular formula is C16H15N3O. The summed E-state index contributed by atoms with van der Waals surface area (Å²) in [5, 5.41) is 5.26. The first kappa shape index (κ1) is 12.5. The van der Waals surface area contributed by atoms with Gasteiger partial charge in [0.25, 0.3) is 0 Å². The number of carbonyl (C=O) groups excluding carboxylic acids is 1. The number of aromatic nitrogens is 3. The number of carbonyl (C=O) groups is 1. The molecule has 4 heteroatoms. The molecule has 0 spiro atoms. The lowest BCUT2D eigenvalue weighted by Crippen LogP contribution is -2.05. The highest BCUT2D eigenvalue weighted by atomic mass is 16.1. The van der Waals surface area contributed by atoms with E-state index in [1.165, 1.54) is 0 Å². The van der Waals surface area contributed by atoms with Crippen molar-refractivity contribution in [2.75, 3.05) is 0 Å². The first-order valence-corrected chi connectivity index (χ1v) is 6.47. The predicted molar refractivity (Wildman–Crippen MR) is 77.9 cm³/mol. The Morgan fingerprint density at radius 3 is 2.65 bits per heavy atom. The molecule has 0 fully saturated rings. The van der Waals surface area contributed by atoms with Crippen LogP contribution in [0, 0.1) is 13.8 Å². The molecule has 0 N–H and O–H groups in total. The second-order valence-electron chi connectivity index (χ2n) is 4.92. The van der Waals surface area contributed by atoms with Crippen LogP contribution in [0.25, 0.3) is 10.9 Å². The van der Waals surface area contributed by atoms with Gasteiger partial charge in [-0.15, -0.1) is 0 Å². The van der Waals surface area contributed by atoms with Crippen LogP contribution in [0.4, 0.5) is 0 Å². The number of benzene rings is 1. The number of nitrogens with zero attached hydrogens (tertiary/aromatic N) is 3. The fourth-order valence-electron chi connectivity index (χ4n) is 2.44. The first-order chi connectivity index (χ1) is 9.58. The Morgan fingerprint density at radius 1 is 1.20 bits per heavy atom. The summed E-state index contributed by atoms with van der Waals surface area (Å²) in [6.45, 7) is 3.76. The summed E-state index contributed by atoms with van der Waals surface area (Å²) >= 11 is 0. The number of ketones is 1. The van der Waals surface area contributed by atoms with Gasteiger partial charge in [-0.2, -0.15) is 5.10 Å². The summed E-state index contributed by atoms with van der Waals surface area (Å²) in [5.41, 5.74) is 3.79. The summed E-state index contributed by atoms with van der Waals surface area (Å²) < 4.78 is 1.73. The lowest BCUT2D eigenvalue weighted by atomic mass is 10.0. The molecule has 0 aliphatic heterocycles. The van der Waals surface area contributed by atoms with Gasteiger partial charge in [0.15, 0.2) is 5.78 Å². The topological polar surface area (TPSA) is 47.8 Å². The van der Waals surface area contributed by atoms with Crippen LogP contribution in [0.15, 0.2) is 36.5 Å². The van der Waals surface area contributed by atoms with Crippen molar-refractivity contribution in [3.63, 3.8) is 0 Å². The molecule has 3 rings (SSSR count). The van der Waals surface area contributed by atoms with Gasteiger partial charge in [-0.3, -0.25) is 14.5 Å². The third-order valence-corrected chi connectivity index (χ3v) is 3.59. The van der Waals surface area contributed by atoms with Crippen molar-refractivity contribution in [2.45, 2.75) is 13.8 Å². The van der Waals surface area contributed by atoms with Gasteiger partial charge in [-0.25, -0.2) is 0 Å². The Labute approximate surface area is 117 Å². The number of pyridine rings is 1. The van der Waals surface area contributed by atoms with Gasteiger partial charge in [-0.05, 0) is 26.0 Å². The van der Waals surface area contributed by atoms with E-state index in [2.05, 4.69) is 10.1 Å². The van der Waals surface area contributed by atoms with E-state index in [1.54, 1.807) is 10.9 Å². The standard InChI is InChI=1S/C16H15N3O/c1-10-15(11(2)19(3)18-10)16(20)13-8-12-6-4-5-7-14(12)17-9-13/h4-9H,1-3H3. The summed E-state index contributed by atoms with van der Waals surface area (Å²) in [5.74, 6) is -0.0219. The zero-order valence-corrected chi connectivity index (χ0v) is 11.7. The zero-order chi connectivity index (χ0) is 14.3. The van der Waals surface area contributed by atoms with Gasteiger partial charge in [0.2, 0.25) is 0 Å². The lowest BCUT2D eigenvalue weighted by Gasteiger charge is -2.03. The second-order valence-corrected chi connectivity index (χ2v) is 4.92. The van der Waals surface area contributed by atoms with Gasteiger partial charge in [0, 0.05) is 29.9 Å². The summed E-state index contributed by atoms with van der Waals surface area (Å²) in [7, 11) is 1.84. The lowest BCUT2D eigenvalue weighted by molar-refractivity contribution is 0.103.